The van der Waals surface area contributed by atoms with Crippen LogP contribution in [0.15, 0.2) is 164 Å². The Morgan fingerprint density at radius 1 is 0.256 bits per heavy atom. The van der Waals surface area contributed by atoms with Gasteiger partial charge >= 0.3 is 0 Å². The van der Waals surface area contributed by atoms with E-state index < -0.39 is 0 Å². The summed E-state index contributed by atoms with van der Waals surface area (Å²) in [4.78, 5) is 0. The lowest BCUT2D eigenvalue weighted by Crippen LogP contribution is -1.94. The second kappa shape index (κ2) is 9.44. The molecule has 43 heavy (non-hydrogen) atoms. The van der Waals surface area contributed by atoms with Crippen molar-refractivity contribution in [2.75, 3.05) is 0 Å². The number of aromatic nitrogens is 1. The molecule has 200 valence electrons. The highest BCUT2D eigenvalue weighted by Gasteiger charge is 2.14. The van der Waals surface area contributed by atoms with E-state index in [9.17, 15) is 0 Å². The number of fused-ring (bicyclic) bond motifs is 9. The van der Waals surface area contributed by atoms with Gasteiger partial charge in [0.15, 0.2) is 0 Å². The predicted octanol–water partition coefficient (Wildman–Crippen LogP) is 11.6. The van der Waals surface area contributed by atoms with E-state index in [1.54, 1.807) is 0 Å². The van der Waals surface area contributed by atoms with Gasteiger partial charge in [-0.25, -0.2) is 0 Å². The lowest BCUT2D eigenvalue weighted by molar-refractivity contribution is 1.18. The third kappa shape index (κ3) is 3.72. The van der Waals surface area contributed by atoms with E-state index in [1.165, 1.54) is 82.1 Å². The molecule has 0 aliphatic heterocycles. The van der Waals surface area contributed by atoms with Crippen LogP contribution in [-0.4, -0.2) is 4.57 Å². The highest BCUT2D eigenvalue weighted by atomic mass is 15.0. The number of hydrogen-bond donors (Lipinski definition) is 0. The normalized spacial score (nSPS) is 11.7. The van der Waals surface area contributed by atoms with Crippen LogP contribution in [0.3, 0.4) is 0 Å². The minimum absolute atomic E-state index is 1.17. The van der Waals surface area contributed by atoms with Crippen molar-refractivity contribution in [3.05, 3.63) is 164 Å². The Hall–Kier alpha value is -5.66. The molecule has 9 rings (SSSR count). The van der Waals surface area contributed by atoms with Crippen LogP contribution in [0, 0.1) is 0 Å². The topological polar surface area (TPSA) is 4.93 Å². The average Bonchev–Trinajstić information content (AvgIpc) is 3.43. The summed E-state index contributed by atoms with van der Waals surface area (Å²) in [5.41, 5.74) is 8.55. The van der Waals surface area contributed by atoms with Crippen LogP contribution >= 0.6 is 0 Å². The Bertz CT molecular complexity index is 2430. The first-order valence-corrected chi connectivity index (χ1v) is 14.9. The van der Waals surface area contributed by atoms with Gasteiger partial charge in [0.1, 0.15) is 0 Å². The number of benzene rings is 8. The maximum absolute atomic E-state index is 2.39. The van der Waals surface area contributed by atoms with Crippen molar-refractivity contribution >= 4 is 54.1 Å². The summed E-state index contributed by atoms with van der Waals surface area (Å²) in [6.45, 7) is 0. The largest absolute Gasteiger partial charge is 0.309 e. The SMILES string of the molecule is c1ccc(-c2ccc3c4ccc(-c5cccc(-n6c7ccccc7c7ccccc76)c5)cc4c4ccccc4c3c2)cc1. The third-order valence-electron chi connectivity index (χ3n) is 8.96. The highest BCUT2D eigenvalue weighted by Crippen LogP contribution is 2.39. The minimum Gasteiger partial charge on any atom is -0.309 e. The van der Waals surface area contributed by atoms with Gasteiger partial charge in [-0.05, 0) is 91.0 Å². The molecule has 0 aliphatic rings. The summed E-state index contributed by atoms with van der Waals surface area (Å²) in [7, 11) is 0. The van der Waals surface area contributed by atoms with E-state index in [0.29, 0.717) is 0 Å². The molecule has 0 fully saturated rings. The first-order chi connectivity index (χ1) is 21.3. The summed E-state index contributed by atoms with van der Waals surface area (Å²) >= 11 is 0. The summed E-state index contributed by atoms with van der Waals surface area (Å²) in [5.74, 6) is 0. The van der Waals surface area contributed by atoms with Crippen molar-refractivity contribution in [1.82, 2.24) is 4.57 Å². The van der Waals surface area contributed by atoms with Gasteiger partial charge in [-0.15, -0.1) is 0 Å². The number of rotatable bonds is 3. The highest BCUT2D eigenvalue weighted by molar-refractivity contribution is 6.26. The summed E-state index contributed by atoms with van der Waals surface area (Å²) in [5, 5.41) is 10.3. The van der Waals surface area contributed by atoms with Gasteiger partial charge in [0.25, 0.3) is 0 Å². The van der Waals surface area contributed by atoms with Crippen LogP contribution in [-0.2, 0) is 0 Å². The first-order valence-electron chi connectivity index (χ1n) is 14.9. The molecule has 0 saturated heterocycles. The number of para-hydroxylation sites is 2. The molecular formula is C42H27N. The lowest BCUT2D eigenvalue weighted by Gasteiger charge is -2.14. The Morgan fingerprint density at radius 3 is 1.30 bits per heavy atom. The van der Waals surface area contributed by atoms with E-state index in [0.717, 1.165) is 0 Å². The van der Waals surface area contributed by atoms with Gasteiger partial charge < -0.3 is 4.57 Å². The van der Waals surface area contributed by atoms with Crippen LogP contribution in [0.4, 0.5) is 0 Å². The van der Waals surface area contributed by atoms with Crippen LogP contribution in [0.25, 0.3) is 82.1 Å². The molecule has 0 aliphatic carbocycles. The molecule has 0 spiro atoms. The van der Waals surface area contributed by atoms with Crippen LogP contribution in [0.2, 0.25) is 0 Å². The molecule has 0 saturated carbocycles. The molecule has 8 aromatic carbocycles. The summed E-state index contributed by atoms with van der Waals surface area (Å²) in [6.07, 6.45) is 0. The molecule has 0 amide bonds. The van der Waals surface area contributed by atoms with Gasteiger partial charge in [0.05, 0.1) is 11.0 Å². The van der Waals surface area contributed by atoms with Gasteiger partial charge in [-0.1, -0.05) is 127 Å². The number of nitrogens with zero attached hydrogens (tertiary/aromatic N) is 1. The Morgan fingerprint density at radius 2 is 0.698 bits per heavy atom. The molecular weight excluding hydrogens is 518 g/mol. The van der Waals surface area contributed by atoms with Crippen molar-refractivity contribution in [3.8, 4) is 27.9 Å². The van der Waals surface area contributed by atoms with Gasteiger partial charge in [0.2, 0.25) is 0 Å². The van der Waals surface area contributed by atoms with E-state index in [2.05, 4.69) is 168 Å². The van der Waals surface area contributed by atoms with Crippen molar-refractivity contribution < 1.29 is 0 Å². The van der Waals surface area contributed by atoms with Crippen LogP contribution in [0.5, 0.6) is 0 Å². The van der Waals surface area contributed by atoms with Crippen LogP contribution in [0.1, 0.15) is 0 Å². The quantitative estimate of drug-likeness (QED) is 0.195. The second-order valence-electron chi connectivity index (χ2n) is 11.4. The predicted molar refractivity (Wildman–Crippen MR) is 184 cm³/mol. The van der Waals surface area contributed by atoms with Crippen molar-refractivity contribution in [2.45, 2.75) is 0 Å². The summed E-state index contributed by atoms with van der Waals surface area (Å²) in [6, 6.07) is 59.8. The number of hydrogen-bond acceptors (Lipinski definition) is 0. The smallest absolute Gasteiger partial charge is 0.0541 e. The first kappa shape index (κ1) is 24.0. The standard InChI is InChI=1S/C42H27N/c1-2-11-28(12-3-1)30-21-23-35-36-24-22-31(27-40(36)34-16-5-4-15-33(34)39(35)26-30)29-13-10-14-32(25-29)43-41-19-8-6-17-37(41)38-18-7-9-20-42(38)43/h1-27H. The van der Waals surface area contributed by atoms with E-state index >= 15 is 0 Å². The molecule has 1 nitrogen and oxygen atoms in total. The van der Waals surface area contributed by atoms with E-state index in [4.69, 9.17) is 0 Å². The molecule has 0 N–H and O–H groups in total. The molecule has 1 heterocycles. The molecule has 0 unspecified atom stereocenters. The van der Waals surface area contributed by atoms with Crippen molar-refractivity contribution in [3.63, 3.8) is 0 Å². The second-order valence-corrected chi connectivity index (χ2v) is 11.4. The Kier molecular flexibility index (Phi) is 5.27. The maximum atomic E-state index is 2.39. The van der Waals surface area contributed by atoms with Crippen molar-refractivity contribution in [2.24, 2.45) is 0 Å². The summed E-state index contributed by atoms with van der Waals surface area (Å²) < 4.78 is 2.39. The Labute approximate surface area is 249 Å². The van der Waals surface area contributed by atoms with Gasteiger partial charge in [0, 0.05) is 16.5 Å². The lowest BCUT2D eigenvalue weighted by atomic mass is 9.90. The maximum Gasteiger partial charge on any atom is 0.0541 e. The molecule has 1 heteroatoms. The fourth-order valence-corrected chi connectivity index (χ4v) is 6.97. The fourth-order valence-electron chi connectivity index (χ4n) is 6.97. The molecule has 0 radical (unpaired) electrons. The van der Waals surface area contributed by atoms with E-state index in [-0.39, 0.29) is 0 Å². The third-order valence-corrected chi connectivity index (χ3v) is 8.96. The Balaban J connectivity index is 1.25. The average molecular weight is 546 g/mol. The van der Waals surface area contributed by atoms with Crippen LogP contribution < -0.4 is 0 Å². The minimum atomic E-state index is 1.17. The van der Waals surface area contributed by atoms with Gasteiger partial charge in [-0.2, -0.15) is 0 Å². The zero-order valence-corrected chi connectivity index (χ0v) is 23.5. The zero-order valence-electron chi connectivity index (χ0n) is 23.5. The monoisotopic (exact) mass is 545 g/mol. The molecule has 0 atom stereocenters. The van der Waals surface area contributed by atoms with E-state index in [1.807, 2.05) is 0 Å². The fraction of sp³-hybridized carbons (Fsp3) is 0. The molecule has 9 aromatic rings. The van der Waals surface area contributed by atoms with Crippen molar-refractivity contribution in [1.29, 1.82) is 0 Å². The molecule has 0 bridgehead atoms. The van der Waals surface area contributed by atoms with Gasteiger partial charge in [-0.3, -0.25) is 0 Å². The molecule has 1 aromatic heterocycles. The zero-order chi connectivity index (χ0) is 28.3.